The molecule has 1 fully saturated rings. The van der Waals surface area contributed by atoms with Gasteiger partial charge in [-0.1, -0.05) is 0 Å². The average Bonchev–Trinajstić information content (AvgIpc) is 2.43. The van der Waals surface area contributed by atoms with E-state index in [9.17, 15) is 0 Å². The second-order valence-electron chi connectivity index (χ2n) is 5.17. The molecule has 0 saturated carbocycles. The zero-order valence-corrected chi connectivity index (χ0v) is 12.5. The van der Waals surface area contributed by atoms with Gasteiger partial charge in [-0.15, -0.1) is 0 Å². The van der Waals surface area contributed by atoms with Crippen LogP contribution in [0.3, 0.4) is 0 Å². The van der Waals surface area contributed by atoms with Crippen LogP contribution in [0.15, 0.2) is 0 Å². The van der Waals surface area contributed by atoms with Crippen LogP contribution in [0.5, 0.6) is 0 Å². The molecular weight excluding hydrogens is 244 g/mol. The van der Waals surface area contributed by atoms with Crippen molar-refractivity contribution < 1.29 is 14.2 Å². The standard InChI is InChI=1S/C14H30N2O3/c1-16(13-14-3-5-15-6-4-14)7-8-18-11-12-19-10-9-17-2/h14-15H,3-13H2,1-2H3. The maximum absolute atomic E-state index is 5.55. The van der Waals surface area contributed by atoms with E-state index < -0.39 is 0 Å². The Hall–Kier alpha value is -0.200. The summed E-state index contributed by atoms with van der Waals surface area (Å²) >= 11 is 0. The predicted molar refractivity (Wildman–Crippen MR) is 76.6 cm³/mol. The molecule has 0 atom stereocenters. The van der Waals surface area contributed by atoms with E-state index >= 15 is 0 Å². The molecule has 0 spiro atoms. The fourth-order valence-electron chi connectivity index (χ4n) is 2.28. The van der Waals surface area contributed by atoms with Crippen LogP contribution < -0.4 is 5.32 Å². The second-order valence-corrected chi connectivity index (χ2v) is 5.17. The van der Waals surface area contributed by atoms with Crippen LogP contribution in [0.25, 0.3) is 0 Å². The summed E-state index contributed by atoms with van der Waals surface area (Å²) in [5, 5.41) is 3.40. The summed E-state index contributed by atoms with van der Waals surface area (Å²) in [6.45, 7) is 7.95. The number of rotatable bonds is 11. The van der Waals surface area contributed by atoms with Gasteiger partial charge in [0.05, 0.1) is 33.0 Å². The molecule has 19 heavy (non-hydrogen) atoms. The van der Waals surface area contributed by atoms with Crippen molar-refractivity contribution in [2.24, 2.45) is 5.92 Å². The Balaban J connectivity index is 1.85. The molecule has 0 amide bonds. The zero-order chi connectivity index (χ0) is 13.8. The van der Waals surface area contributed by atoms with Gasteiger partial charge in [-0.2, -0.15) is 0 Å². The van der Waals surface area contributed by atoms with E-state index in [0.717, 1.165) is 19.1 Å². The first-order valence-electron chi connectivity index (χ1n) is 7.36. The van der Waals surface area contributed by atoms with Crippen LogP contribution in [0.4, 0.5) is 0 Å². The highest BCUT2D eigenvalue weighted by molar-refractivity contribution is 4.71. The van der Waals surface area contributed by atoms with E-state index in [1.165, 1.54) is 32.5 Å². The Morgan fingerprint density at radius 3 is 2.32 bits per heavy atom. The fourth-order valence-corrected chi connectivity index (χ4v) is 2.28. The summed E-state index contributed by atoms with van der Waals surface area (Å²) in [4.78, 5) is 2.38. The summed E-state index contributed by atoms with van der Waals surface area (Å²) in [7, 11) is 3.86. The summed E-state index contributed by atoms with van der Waals surface area (Å²) in [5.74, 6) is 0.851. The molecule has 1 saturated heterocycles. The van der Waals surface area contributed by atoms with E-state index in [-0.39, 0.29) is 0 Å². The molecule has 5 nitrogen and oxygen atoms in total. The van der Waals surface area contributed by atoms with Gasteiger partial charge in [0.15, 0.2) is 0 Å². The molecule has 1 N–H and O–H groups in total. The molecule has 0 aromatic heterocycles. The van der Waals surface area contributed by atoms with Gasteiger partial charge in [-0.05, 0) is 38.9 Å². The van der Waals surface area contributed by atoms with Gasteiger partial charge in [-0.3, -0.25) is 0 Å². The Bertz CT molecular complexity index is 199. The van der Waals surface area contributed by atoms with Crippen LogP contribution in [0.2, 0.25) is 0 Å². The van der Waals surface area contributed by atoms with Gasteiger partial charge in [0.1, 0.15) is 0 Å². The lowest BCUT2D eigenvalue weighted by atomic mass is 9.98. The van der Waals surface area contributed by atoms with Crippen LogP contribution in [-0.4, -0.2) is 78.3 Å². The van der Waals surface area contributed by atoms with Crippen LogP contribution in [0, 0.1) is 5.92 Å². The number of piperidine rings is 1. The molecule has 0 bridgehead atoms. The number of nitrogens with zero attached hydrogens (tertiary/aromatic N) is 1. The summed E-state index contributed by atoms with van der Waals surface area (Å²) in [5.41, 5.74) is 0. The molecule has 1 aliphatic heterocycles. The summed E-state index contributed by atoms with van der Waals surface area (Å²) < 4.78 is 15.8. The first-order chi connectivity index (χ1) is 9.33. The van der Waals surface area contributed by atoms with Crippen molar-refractivity contribution in [1.82, 2.24) is 10.2 Å². The van der Waals surface area contributed by atoms with E-state index in [0.29, 0.717) is 26.4 Å². The molecule has 1 aliphatic rings. The van der Waals surface area contributed by atoms with E-state index in [4.69, 9.17) is 14.2 Å². The van der Waals surface area contributed by atoms with Crippen LogP contribution in [-0.2, 0) is 14.2 Å². The zero-order valence-electron chi connectivity index (χ0n) is 12.5. The molecule has 0 radical (unpaired) electrons. The lowest BCUT2D eigenvalue weighted by Crippen LogP contribution is -2.35. The highest BCUT2D eigenvalue weighted by Crippen LogP contribution is 2.12. The molecule has 5 heteroatoms. The predicted octanol–water partition coefficient (Wildman–Crippen LogP) is 0.597. The van der Waals surface area contributed by atoms with Crippen molar-refractivity contribution in [1.29, 1.82) is 0 Å². The van der Waals surface area contributed by atoms with Gasteiger partial charge in [-0.25, -0.2) is 0 Å². The Kier molecular flexibility index (Phi) is 10.3. The third-order valence-electron chi connectivity index (χ3n) is 3.45. The maximum atomic E-state index is 5.55. The lowest BCUT2D eigenvalue weighted by molar-refractivity contribution is 0.0199. The highest BCUT2D eigenvalue weighted by atomic mass is 16.5. The third-order valence-corrected chi connectivity index (χ3v) is 3.45. The van der Waals surface area contributed by atoms with Gasteiger partial charge >= 0.3 is 0 Å². The average molecular weight is 274 g/mol. The molecule has 0 aliphatic carbocycles. The molecule has 1 rings (SSSR count). The highest BCUT2D eigenvalue weighted by Gasteiger charge is 2.14. The van der Waals surface area contributed by atoms with Crippen LogP contribution in [0.1, 0.15) is 12.8 Å². The Morgan fingerprint density at radius 2 is 1.63 bits per heavy atom. The van der Waals surface area contributed by atoms with Crippen molar-refractivity contribution in [3.8, 4) is 0 Å². The number of ether oxygens (including phenoxy) is 3. The first kappa shape index (κ1) is 16.9. The van der Waals surface area contributed by atoms with Crippen molar-refractivity contribution in [3.63, 3.8) is 0 Å². The Morgan fingerprint density at radius 1 is 1.00 bits per heavy atom. The number of hydrogen-bond donors (Lipinski definition) is 1. The minimum atomic E-state index is 0.648. The number of methoxy groups -OCH3 is 1. The molecular formula is C14H30N2O3. The topological polar surface area (TPSA) is 43.0 Å². The summed E-state index contributed by atoms with van der Waals surface area (Å²) in [6, 6.07) is 0. The van der Waals surface area contributed by atoms with Gasteiger partial charge in [0, 0.05) is 20.2 Å². The largest absolute Gasteiger partial charge is 0.382 e. The molecule has 0 aromatic carbocycles. The molecule has 0 aromatic rings. The van der Waals surface area contributed by atoms with Crippen LogP contribution >= 0.6 is 0 Å². The molecule has 1 heterocycles. The second kappa shape index (κ2) is 11.6. The quantitative estimate of drug-likeness (QED) is 0.559. The van der Waals surface area contributed by atoms with E-state index in [1.807, 2.05) is 0 Å². The molecule has 114 valence electrons. The van der Waals surface area contributed by atoms with E-state index in [2.05, 4.69) is 17.3 Å². The summed E-state index contributed by atoms with van der Waals surface area (Å²) in [6.07, 6.45) is 2.61. The maximum Gasteiger partial charge on any atom is 0.0701 e. The smallest absolute Gasteiger partial charge is 0.0701 e. The Labute approximate surface area is 117 Å². The van der Waals surface area contributed by atoms with Crippen molar-refractivity contribution in [3.05, 3.63) is 0 Å². The number of nitrogens with one attached hydrogen (secondary N) is 1. The SMILES string of the molecule is COCCOCCOCCN(C)CC1CCNCC1. The number of hydrogen-bond acceptors (Lipinski definition) is 5. The first-order valence-corrected chi connectivity index (χ1v) is 7.36. The van der Waals surface area contributed by atoms with Crippen molar-refractivity contribution in [2.75, 3.05) is 73.4 Å². The van der Waals surface area contributed by atoms with Crippen molar-refractivity contribution >= 4 is 0 Å². The number of likely N-dealkylation sites (N-methyl/N-ethyl adjacent to an activating group) is 1. The fraction of sp³-hybridized carbons (Fsp3) is 1.00. The van der Waals surface area contributed by atoms with Gasteiger partial charge < -0.3 is 24.4 Å². The minimum absolute atomic E-state index is 0.648. The monoisotopic (exact) mass is 274 g/mol. The third kappa shape index (κ3) is 9.35. The van der Waals surface area contributed by atoms with Gasteiger partial charge in [0.2, 0.25) is 0 Å². The minimum Gasteiger partial charge on any atom is -0.382 e. The lowest BCUT2D eigenvalue weighted by Gasteiger charge is -2.27. The molecule has 0 unspecified atom stereocenters. The van der Waals surface area contributed by atoms with Crippen molar-refractivity contribution in [2.45, 2.75) is 12.8 Å². The van der Waals surface area contributed by atoms with Gasteiger partial charge in [0.25, 0.3) is 0 Å². The van der Waals surface area contributed by atoms with E-state index in [1.54, 1.807) is 7.11 Å². The normalized spacial score (nSPS) is 17.2.